The molecule has 2 aromatic rings. The molecule has 0 saturated carbocycles. The Labute approximate surface area is 118 Å². The number of hydrogen-bond donors (Lipinski definition) is 2. The van der Waals surface area contributed by atoms with Gasteiger partial charge >= 0.3 is 5.97 Å². The third kappa shape index (κ3) is 3.72. The molecule has 1 aromatic carbocycles. The average Bonchev–Trinajstić information content (AvgIpc) is 2.72. The molecule has 0 fully saturated rings. The number of ether oxygens (including phenoxy) is 1. The summed E-state index contributed by atoms with van der Waals surface area (Å²) in [6.45, 7) is 3.63. The fraction of sp³-hybridized carbons (Fsp3) is 0.357. The number of hydrogen-bond acceptors (Lipinski definition) is 3. The highest BCUT2D eigenvalue weighted by molar-refractivity contribution is 5.85. The van der Waals surface area contributed by atoms with Gasteiger partial charge in [0.2, 0.25) is 0 Å². The maximum atomic E-state index is 11.7. The summed E-state index contributed by atoms with van der Waals surface area (Å²) in [7, 11) is 0. The van der Waals surface area contributed by atoms with Crippen molar-refractivity contribution in [3.63, 3.8) is 0 Å². The number of nitrogens with one attached hydrogen (secondary N) is 1. The summed E-state index contributed by atoms with van der Waals surface area (Å²) in [4.78, 5) is 14.8. The molecular weight excluding hydrogens is 264 g/mol. The van der Waals surface area contributed by atoms with E-state index in [1.807, 2.05) is 44.3 Å². The highest BCUT2D eigenvalue weighted by Crippen LogP contribution is 2.18. The van der Waals surface area contributed by atoms with Crippen LogP contribution in [0.2, 0.25) is 0 Å². The van der Waals surface area contributed by atoms with Crippen molar-refractivity contribution in [2.75, 3.05) is 0 Å². The number of carbonyl (C=O) groups is 1. The van der Waals surface area contributed by atoms with Crippen molar-refractivity contribution in [1.82, 2.24) is 4.98 Å². The Balaban J connectivity index is 0.00000180. The minimum atomic E-state index is -0.619. The summed E-state index contributed by atoms with van der Waals surface area (Å²) in [5.74, 6) is -0.352. The Morgan fingerprint density at radius 1 is 1.37 bits per heavy atom. The van der Waals surface area contributed by atoms with E-state index in [0.29, 0.717) is 6.42 Å². The van der Waals surface area contributed by atoms with Crippen LogP contribution in [0.1, 0.15) is 19.4 Å². The van der Waals surface area contributed by atoms with E-state index < -0.39 is 6.04 Å². The lowest BCUT2D eigenvalue weighted by atomic mass is 10.1. The van der Waals surface area contributed by atoms with Crippen LogP contribution in [0.5, 0.6) is 0 Å². The number of H-pyrrole nitrogens is 1. The molecule has 4 nitrogen and oxygen atoms in total. The highest BCUT2D eigenvalue weighted by atomic mass is 35.5. The lowest BCUT2D eigenvalue weighted by molar-refractivity contribution is -0.148. The number of aromatic amines is 1. The van der Waals surface area contributed by atoms with Gasteiger partial charge in [-0.25, -0.2) is 0 Å². The Bertz CT molecular complexity index is 551. The second-order valence-corrected chi connectivity index (χ2v) is 4.66. The zero-order valence-corrected chi connectivity index (χ0v) is 11.9. The Kier molecular flexibility index (Phi) is 5.39. The van der Waals surface area contributed by atoms with Gasteiger partial charge < -0.3 is 15.5 Å². The van der Waals surface area contributed by atoms with Crippen molar-refractivity contribution in [2.45, 2.75) is 32.4 Å². The number of nitrogens with two attached hydrogens (primary N) is 1. The minimum absolute atomic E-state index is 0. The van der Waals surface area contributed by atoms with E-state index in [0.717, 1.165) is 16.5 Å². The molecule has 0 aliphatic carbocycles. The van der Waals surface area contributed by atoms with E-state index in [4.69, 9.17) is 10.5 Å². The lowest BCUT2D eigenvalue weighted by Gasteiger charge is -2.13. The molecule has 0 aliphatic rings. The molecule has 5 heteroatoms. The molecule has 3 N–H and O–H groups in total. The molecule has 1 heterocycles. The summed E-state index contributed by atoms with van der Waals surface area (Å²) in [5, 5.41) is 1.10. The van der Waals surface area contributed by atoms with Gasteiger partial charge in [-0.15, -0.1) is 12.4 Å². The van der Waals surface area contributed by atoms with Gasteiger partial charge in [0.25, 0.3) is 0 Å². The van der Waals surface area contributed by atoms with Crippen LogP contribution in [0.25, 0.3) is 10.9 Å². The quantitative estimate of drug-likeness (QED) is 0.846. The predicted octanol–water partition coefficient (Wildman–Crippen LogP) is 2.41. The fourth-order valence-corrected chi connectivity index (χ4v) is 1.94. The smallest absolute Gasteiger partial charge is 0.323 e. The third-order valence-electron chi connectivity index (χ3n) is 2.77. The van der Waals surface area contributed by atoms with Gasteiger partial charge in [0.05, 0.1) is 6.10 Å². The fourth-order valence-electron chi connectivity index (χ4n) is 1.94. The first kappa shape index (κ1) is 15.5. The number of esters is 1. The van der Waals surface area contributed by atoms with Gasteiger partial charge in [-0.05, 0) is 25.5 Å². The van der Waals surface area contributed by atoms with E-state index >= 15 is 0 Å². The Hall–Kier alpha value is -1.52. The van der Waals surface area contributed by atoms with Gasteiger partial charge in [0.1, 0.15) is 6.04 Å². The molecule has 2 rings (SSSR count). The predicted molar refractivity (Wildman–Crippen MR) is 78.5 cm³/mol. The average molecular weight is 283 g/mol. The van der Waals surface area contributed by atoms with Crippen LogP contribution in [-0.2, 0) is 16.0 Å². The number of halogens is 1. The standard InChI is InChI=1S/C14H18N2O2.ClH/c1-9(2)18-14(17)12(15)7-10-8-16-13-6-4-3-5-11(10)13;/h3-6,8-9,12,16H,7,15H2,1-2H3;1H/t12-;/m1./s1. The van der Waals surface area contributed by atoms with Gasteiger partial charge in [-0.3, -0.25) is 4.79 Å². The SMILES string of the molecule is CC(C)OC(=O)[C@H](N)Cc1c[nH]c2ccccc12.Cl. The molecule has 1 atom stereocenters. The maximum Gasteiger partial charge on any atom is 0.323 e. The molecule has 0 spiro atoms. The number of fused-ring (bicyclic) bond motifs is 1. The summed E-state index contributed by atoms with van der Waals surface area (Å²) in [5.41, 5.74) is 7.95. The molecule has 0 saturated heterocycles. The van der Waals surface area contributed by atoms with Crippen molar-refractivity contribution in [3.05, 3.63) is 36.0 Å². The van der Waals surface area contributed by atoms with E-state index in [9.17, 15) is 4.79 Å². The van der Waals surface area contributed by atoms with Crippen LogP contribution < -0.4 is 5.73 Å². The van der Waals surface area contributed by atoms with Crippen molar-refractivity contribution < 1.29 is 9.53 Å². The summed E-state index contributed by atoms with van der Waals surface area (Å²) < 4.78 is 5.10. The van der Waals surface area contributed by atoms with Gasteiger partial charge in [-0.1, -0.05) is 18.2 Å². The van der Waals surface area contributed by atoms with E-state index in [1.54, 1.807) is 0 Å². The minimum Gasteiger partial charge on any atom is -0.462 e. The van der Waals surface area contributed by atoms with Crippen LogP contribution in [0.15, 0.2) is 30.5 Å². The van der Waals surface area contributed by atoms with Crippen LogP contribution in [0.3, 0.4) is 0 Å². The molecular formula is C14H19ClN2O2. The first-order valence-electron chi connectivity index (χ1n) is 6.09. The van der Waals surface area contributed by atoms with Gasteiger partial charge in [0, 0.05) is 23.5 Å². The molecule has 0 aliphatic heterocycles. The Morgan fingerprint density at radius 3 is 2.74 bits per heavy atom. The maximum absolute atomic E-state index is 11.7. The van der Waals surface area contributed by atoms with E-state index in [2.05, 4.69) is 4.98 Å². The molecule has 1 aromatic heterocycles. The number of aromatic nitrogens is 1. The summed E-state index contributed by atoms with van der Waals surface area (Å²) >= 11 is 0. The second kappa shape index (κ2) is 6.59. The zero-order valence-electron chi connectivity index (χ0n) is 11.1. The van der Waals surface area contributed by atoms with Gasteiger partial charge in [0.15, 0.2) is 0 Å². The lowest BCUT2D eigenvalue weighted by Crippen LogP contribution is -2.35. The molecule has 0 radical (unpaired) electrons. The summed E-state index contributed by atoms with van der Waals surface area (Å²) in [6.07, 6.45) is 2.24. The van der Waals surface area contributed by atoms with E-state index in [-0.39, 0.29) is 24.5 Å². The third-order valence-corrected chi connectivity index (χ3v) is 2.77. The first-order valence-corrected chi connectivity index (χ1v) is 6.09. The van der Waals surface area contributed by atoms with Gasteiger partial charge in [-0.2, -0.15) is 0 Å². The molecule has 104 valence electrons. The number of rotatable bonds is 4. The molecule has 0 bridgehead atoms. The van der Waals surface area contributed by atoms with Crippen LogP contribution in [0.4, 0.5) is 0 Å². The topological polar surface area (TPSA) is 68.1 Å². The van der Waals surface area contributed by atoms with Crippen LogP contribution in [-0.4, -0.2) is 23.1 Å². The molecule has 0 unspecified atom stereocenters. The highest BCUT2D eigenvalue weighted by Gasteiger charge is 2.18. The van der Waals surface area contributed by atoms with Crippen LogP contribution >= 0.6 is 12.4 Å². The normalized spacial score (nSPS) is 12.2. The van der Waals surface area contributed by atoms with Crippen molar-refractivity contribution in [2.24, 2.45) is 5.73 Å². The largest absolute Gasteiger partial charge is 0.462 e. The Morgan fingerprint density at radius 2 is 2.05 bits per heavy atom. The number of benzene rings is 1. The monoisotopic (exact) mass is 282 g/mol. The zero-order chi connectivity index (χ0) is 13.1. The van der Waals surface area contributed by atoms with Crippen molar-refractivity contribution in [1.29, 1.82) is 0 Å². The first-order chi connectivity index (χ1) is 8.58. The summed E-state index contributed by atoms with van der Waals surface area (Å²) in [6, 6.07) is 7.33. The molecule has 0 amide bonds. The number of carbonyl (C=O) groups excluding carboxylic acids is 1. The second-order valence-electron chi connectivity index (χ2n) is 4.66. The molecule has 19 heavy (non-hydrogen) atoms. The van der Waals surface area contributed by atoms with E-state index in [1.165, 1.54) is 0 Å². The van der Waals surface area contributed by atoms with Crippen molar-refractivity contribution in [3.8, 4) is 0 Å². The number of para-hydroxylation sites is 1. The van der Waals surface area contributed by atoms with Crippen LogP contribution in [0, 0.1) is 0 Å². The van der Waals surface area contributed by atoms with Crippen molar-refractivity contribution >= 4 is 29.3 Å².